The monoisotopic (exact) mass is 258 g/mol. The third-order valence-electron chi connectivity index (χ3n) is 3.07. The van der Waals surface area contributed by atoms with Gasteiger partial charge in [0.15, 0.2) is 0 Å². The molecule has 0 aliphatic rings. The molecule has 0 fully saturated rings. The molecule has 0 radical (unpaired) electrons. The molecule has 0 atom stereocenters. The van der Waals surface area contributed by atoms with Crippen LogP contribution in [0, 0.1) is 0 Å². The fraction of sp³-hybridized carbons (Fsp3) is 0.267. The first-order chi connectivity index (χ1) is 9.22. The first-order valence-corrected chi connectivity index (χ1v) is 6.22. The highest BCUT2D eigenvalue weighted by Crippen LogP contribution is 2.26. The Balaban J connectivity index is 2.02. The van der Waals surface area contributed by atoms with Crippen molar-refractivity contribution in [3.63, 3.8) is 0 Å². The highest BCUT2D eigenvalue weighted by atomic mass is 16.5. The molecule has 1 amide bonds. The molecule has 1 aromatic carbocycles. The molecule has 0 spiro atoms. The van der Waals surface area contributed by atoms with E-state index in [2.05, 4.69) is 0 Å². The van der Waals surface area contributed by atoms with Gasteiger partial charge in [0.05, 0.1) is 12.8 Å². The van der Waals surface area contributed by atoms with Crippen LogP contribution in [0.25, 0.3) is 0 Å². The number of ether oxygens (including phenoxy) is 1. The Kier molecular flexibility index (Phi) is 4.23. The molecule has 0 unspecified atom stereocenters. The number of carbonyl (C=O) groups is 1. The van der Waals surface area contributed by atoms with E-state index in [-0.39, 0.29) is 5.91 Å². The Morgan fingerprint density at radius 1 is 1.21 bits per heavy atom. The molecule has 2 aromatic rings. The van der Waals surface area contributed by atoms with Crippen molar-refractivity contribution < 1.29 is 9.53 Å². The molecule has 0 saturated heterocycles. The lowest BCUT2D eigenvalue weighted by Crippen LogP contribution is -2.27. The summed E-state index contributed by atoms with van der Waals surface area (Å²) in [6.45, 7) is 0.686. The summed E-state index contributed by atoms with van der Waals surface area (Å²) in [5.41, 5.74) is 0.794. The second-order valence-electron chi connectivity index (χ2n) is 4.30. The van der Waals surface area contributed by atoms with Crippen molar-refractivity contribution in [3.05, 3.63) is 48.8 Å². The Morgan fingerprint density at radius 3 is 2.58 bits per heavy atom. The highest BCUT2D eigenvalue weighted by Gasteiger charge is 2.14. The summed E-state index contributed by atoms with van der Waals surface area (Å²) in [6, 6.07) is 11.4. The number of carbonyl (C=O) groups excluding carboxylic acids is 1. The van der Waals surface area contributed by atoms with Crippen molar-refractivity contribution in [1.82, 2.24) is 4.57 Å². The minimum Gasteiger partial charge on any atom is -0.495 e. The molecule has 1 aromatic heterocycles. The normalized spacial score (nSPS) is 10.2. The first-order valence-electron chi connectivity index (χ1n) is 6.22. The zero-order chi connectivity index (χ0) is 13.7. The maximum atomic E-state index is 12.2. The summed E-state index contributed by atoms with van der Waals surface area (Å²) < 4.78 is 7.26. The van der Waals surface area contributed by atoms with Gasteiger partial charge in [0, 0.05) is 32.4 Å². The van der Waals surface area contributed by atoms with Crippen LogP contribution in [-0.4, -0.2) is 24.6 Å². The van der Waals surface area contributed by atoms with Gasteiger partial charge in [-0.3, -0.25) is 4.79 Å². The van der Waals surface area contributed by atoms with Gasteiger partial charge >= 0.3 is 0 Å². The standard InChI is InChI=1S/C15H18N2O2/c1-16(13-7-3-4-8-14(13)19-2)15(18)9-12-17-10-5-6-11-17/h3-8,10-11H,9,12H2,1-2H3. The first kappa shape index (κ1) is 13.2. The Hall–Kier alpha value is -2.23. The number of hydrogen-bond acceptors (Lipinski definition) is 2. The zero-order valence-electron chi connectivity index (χ0n) is 11.2. The second kappa shape index (κ2) is 6.09. The zero-order valence-corrected chi connectivity index (χ0v) is 11.2. The number of nitrogens with zero attached hydrogens (tertiary/aromatic N) is 2. The summed E-state index contributed by atoms with van der Waals surface area (Å²) in [6.07, 6.45) is 4.37. The van der Waals surface area contributed by atoms with Crippen LogP contribution in [0.2, 0.25) is 0 Å². The third kappa shape index (κ3) is 3.16. The van der Waals surface area contributed by atoms with Gasteiger partial charge in [-0.1, -0.05) is 12.1 Å². The van der Waals surface area contributed by atoms with Crippen molar-refractivity contribution >= 4 is 11.6 Å². The number of para-hydroxylation sites is 2. The van der Waals surface area contributed by atoms with Gasteiger partial charge in [0.1, 0.15) is 5.75 Å². The van der Waals surface area contributed by atoms with E-state index in [1.54, 1.807) is 19.1 Å². The fourth-order valence-corrected chi connectivity index (χ4v) is 1.95. The minimum absolute atomic E-state index is 0.0678. The van der Waals surface area contributed by atoms with E-state index >= 15 is 0 Å². The van der Waals surface area contributed by atoms with E-state index in [9.17, 15) is 4.79 Å². The van der Waals surface area contributed by atoms with Crippen LogP contribution in [0.4, 0.5) is 5.69 Å². The summed E-state index contributed by atoms with van der Waals surface area (Å²) >= 11 is 0. The van der Waals surface area contributed by atoms with Crippen LogP contribution in [0.15, 0.2) is 48.8 Å². The van der Waals surface area contributed by atoms with Crippen LogP contribution in [0.1, 0.15) is 6.42 Å². The molecule has 0 bridgehead atoms. The molecule has 19 heavy (non-hydrogen) atoms. The molecule has 1 heterocycles. The van der Waals surface area contributed by atoms with Crippen LogP contribution >= 0.6 is 0 Å². The average molecular weight is 258 g/mol. The molecule has 2 rings (SSSR count). The third-order valence-corrected chi connectivity index (χ3v) is 3.07. The molecule has 0 aliphatic carbocycles. The van der Waals surface area contributed by atoms with Gasteiger partial charge in [0.25, 0.3) is 0 Å². The second-order valence-corrected chi connectivity index (χ2v) is 4.30. The average Bonchev–Trinajstić information content (AvgIpc) is 2.97. The van der Waals surface area contributed by atoms with Gasteiger partial charge in [-0.15, -0.1) is 0 Å². The largest absolute Gasteiger partial charge is 0.495 e. The van der Waals surface area contributed by atoms with Gasteiger partial charge in [-0.05, 0) is 24.3 Å². The van der Waals surface area contributed by atoms with Crippen LogP contribution < -0.4 is 9.64 Å². The van der Waals surface area contributed by atoms with Crippen molar-refractivity contribution in [2.24, 2.45) is 0 Å². The van der Waals surface area contributed by atoms with E-state index in [0.717, 1.165) is 5.69 Å². The molecule has 100 valence electrons. The molecule has 0 aliphatic heterocycles. The maximum Gasteiger partial charge on any atom is 0.228 e. The number of anilines is 1. The number of rotatable bonds is 5. The number of aryl methyl sites for hydroxylation is 1. The van der Waals surface area contributed by atoms with Crippen molar-refractivity contribution in [3.8, 4) is 5.75 Å². The van der Waals surface area contributed by atoms with Crippen LogP contribution in [0.3, 0.4) is 0 Å². The SMILES string of the molecule is COc1ccccc1N(C)C(=O)CCn1cccc1. The minimum atomic E-state index is 0.0678. The van der Waals surface area contributed by atoms with Crippen molar-refractivity contribution in [2.45, 2.75) is 13.0 Å². The number of methoxy groups -OCH3 is 1. The molecule has 0 saturated carbocycles. The number of amides is 1. The topological polar surface area (TPSA) is 34.5 Å². The predicted octanol–water partition coefficient (Wildman–Crippen LogP) is 2.55. The van der Waals surface area contributed by atoms with E-state index < -0.39 is 0 Å². The van der Waals surface area contributed by atoms with E-state index in [0.29, 0.717) is 18.7 Å². The summed E-state index contributed by atoms with van der Waals surface area (Å²) in [4.78, 5) is 13.8. The van der Waals surface area contributed by atoms with Crippen LogP contribution in [-0.2, 0) is 11.3 Å². The van der Waals surface area contributed by atoms with E-state index in [1.165, 1.54) is 0 Å². The summed E-state index contributed by atoms with van der Waals surface area (Å²) in [7, 11) is 3.38. The molecular weight excluding hydrogens is 240 g/mol. The van der Waals surface area contributed by atoms with Gasteiger partial charge in [0.2, 0.25) is 5.91 Å². The van der Waals surface area contributed by atoms with Crippen molar-refractivity contribution in [2.75, 3.05) is 19.1 Å². The molecule has 4 nitrogen and oxygen atoms in total. The van der Waals surface area contributed by atoms with Gasteiger partial charge in [-0.25, -0.2) is 0 Å². The van der Waals surface area contributed by atoms with Crippen molar-refractivity contribution in [1.29, 1.82) is 0 Å². The molecule has 4 heteroatoms. The lowest BCUT2D eigenvalue weighted by molar-refractivity contribution is -0.118. The predicted molar refractivity (Wildman–Crippen MR) is 75.5 cm³/mol. The summed E-state index contributed by atoms with van der Waals surface area (Å²) in [5, 5.41) is 0. The Morgan fingerprint density at radius 2 is 1.89 bits per heavy atom. The number of benzene rings is 1. The smallest absolute Gasteiger partial charge is 0.228 e. The maximum absolute atomic E-state index is 12.2. The fourth-order valence-electron chi connectivity index (χ4n) is 1.95. The van der Waals surface area contributed by atoms with Crippen LogP contribution in [0.5, 0.6) is 5.75 Å². The number of aromatic nitrogens is 1. The Labute approximate surface area is 113 Å². The van der Waals surface area contributed by atoms with E-state index in [1.807, 2.05) is 53.4 Å². The van der Waals surface area contributed by atoms with Gasteiger partial charge in [-0.2, -0.15) is 0 Å². The Bertz CT molecular complexity index is 535. The lowest BCUT2D eigenvalue weighted by atomic mass is 10.2. The highest BCUT2D eigenvalue weighted by molar-refractivity contribution is 5.94. The molecular formula is C15H18N2O2. The number of hydrogen-bond donors (Lipinski definition) is 0. The quantitative estimate of drug-likeness (QED) is 0.826. The van der Waals surface area contributed by atoms with E-state index in [4.69, 9.17) is 4.74 Å². The summed E-state index contributed by atoms with van der Waals surface area (Å²) in [5.74, 6) is 0.775. The lowest BCUT2D eigenvalue weighted by Gasteiger charge is -2.20. The molecule has 0 N–H and O–H groups in total. The van der Waals surface area contributed by atoms with Gasteiger partial charge < -0.3 is 14.2 Å².